The lowest BCUT2D eigenvalue weighted by Crippen LogP contribution is -2.37. The van der Waals surface area contributed by atoms with Crippen LogP contribution in [0.3, 0.4) is 0 Å². The minimum Gasteiger partial charge on any atom is -0.481 e. The van der Waals surface area contributed by atoms with Crippen LogP contribution in [0.1, 0.15) is 29.9 Å². The maximum atomic E-state index is 13.0. The second kappa shape index (κ2) is 6.28. The number of carboxylic acid groups (broad SMARTS) is 1. The molecule has 1 heterocycles. The molecule has 1 atom stereocenters. The average molecular weight is 345 g/mol. The molecule has 0 amide bonds. The van der Waals surface area contributed by atoms with Crippen molar-refractivity contribution in [1.29, 1.82) is 0 Å². The first-order chi connectivity index (χ1) is 11.4. The molecule has 1 aliphatic heterocycles. The van der Waals surface area contributed by atoms with Crippen molar-refractivity contribution < 1.29 is 18.3 Å². The second-order valence-corrected chi connectivity index (χ2v) is 7.89. The Labute approximate surface area is 141 Å². The first-order valence-electron chi connectivity index (χ1n) is 7.80. The molecule has 24 heavy (non-hydrogen) atoms. The Morgan fingerprint density at radius 3 is 2.50 bits per heavy atom. The SMILES string of the molecule is Cc1ccc(S(=O)(=O)N2CC[C@H](CC(=O)O)c3ccccc32)cc1. The number of hydrogen-bond acceptors (Lipinski definition) is 3. The molecule has 5 nitrogen and oxygen atoms in total. The van der Waals surface area contributed by atoms with Gasteiger partial charge in [-0.25, -0.2) is 8.42 Å². The topological polar surface area (TPSA) is 74.7 Å². The zero-order valence-corrected chi connectivity index (χ0v) is 14.2. The molecule has 0 fully saturated rings. The van der Waals surface area contributed by atoms with Crippen LogP contribution in [0.4, 0.5) is 5.69 Å². The van der Waals surface area contributed by atoms with Crippen molar-refractivity contribution in [2.45, 2.75) is 30.6 Å². The highest BCUT2D eigenvalue weighted by molar-refractivity contribution is 7.92. The molecule has 0 aliphatic carbocycles. The van der Waals surface area contributed by atoms with E-state index in [1.807, 2.05) is 19.1 Å². The summed E-state index contributed by atoms with van der Waals surface area (Å²) in [5.74, 6) is -1.03. The Morgan fingerprint density at radius 1 is 1.17 bits per heavy atom. The lowest BCUT2D eigenvalue weighted by atomic mass is 9.88. The monoisotopic (exact) mass is 345 g/mol. The Bertz CT molecular complexity index is 859. The molecule has 0 radical (unpaired) electrons. The number of aryl methyl sites for hydroxylation is 1. The summed E-state index contributed by atoms with van der Waals surface area (Å²) < 4.78 is 27.4. The predicted octanol–water partition coefficient (Wildman–Crippen LogP) is 3.15. The van der Waals surface area contributed by atoms with Crippen LogP contribution in [-0.4, -0.2) is 26.0 Å². The van der Waals surface area contributed by atoms with Gasteiger partial charge in [-0.3, -0.25) is 9.10 Å². The van der Waals surface area contributed by atoms with Gasteiger partial charge in [-0.05, 0) is 43.0 Å². The number of para-hydroxylation sites is 1. The summed E-state index contributed by atoms with van der Waals surface area (Å²) in [5.41, 5.74) is 2.35. The summed E-state index contributed by atoms with van der Waals surface area (Å²) in [4.78, 5) is 11.3. The highest BCUT2D eigenvalue weighted by Crippen LogP contribution is 2.39. The molecule has 2 aromatic rings. The number of hydrogen-bond donors (Lipinski definition) is 1. The van der Waals surface area contributed by atoms with Crippen molar-refractivity contribution in [2.75, 3.05) is 10.8 Å². The predicted molar refractivity (Wildman–Crippen MR) is 91.8 cm³/mol. The van der Waals surface area contributed by atoms with E-state index in [1.54, 1.807) is 36.4 Å². The van der Waals surface area contributed by atoms with Gasteiger partial charge < -0.3 is 5.11 Å². The zero-order chi connectivity index (χ0) is 17.3. The fourth-order valence-corrected chi connectivity index (χ4v) is 4.62. The molecule has 2 aromatic carbocycles. The summed E-state index contributed by atoms with van der Waals surface area (Å²) in [5, 5.41) is 9.09. The molecule has 1 aliphatic rings. The standard InChI is InChI=1S/C18H19NO4S/c1-13-6-8-15(9-7-13)24(22,23)19-11-10-14(12-18(20)21)16-4-2-3-5-17(16)19/h2-9,14H,10-12H2,1H3,(H,20,21)/t14-/m1/s1. The van der Waals surface area contributed by atoms with Gasteiger partial charge in [0.25, 0.3) is 10.0 Å². The normalized spacial score (nSPS) is 17.4. The van der Waals surface area contributed by atoms with Crippen LogP contribution in [0.2, 0.25) is 0 Å². The van der Waals surface area contributed by atoms with E-state index in [1.165, 1.54) is 4.31 Å². The van der Waals surface area contributed by atoms with E-state index in [2.05, 4.69) is 0 Å². The number of sulfonamides is 1. The summed E-state index contributed by atoms with van der Waals surface area (Å²) in [6.07, 6.45) is 0.504. The number of rotatable bonds is 4. The fraction of sp³-hybridized carbons (Fsp3) is 0.278. The summed E-state index contributed by atoms with van der Waals surface area (Å²) in [6, 6.07) is 13.9. The second-order valence-electron chi connectivity index (χ2n) is 6.03. The van der Waals surface area contributed by atoms with E-state index in [-0.39, 0.29) is 23.8 Å². The van der Waals surface area contributed by atoms with E-state index in [0.717, 1.165) is 11.1 Å². The van der Waals surface area contributed by atoms with Crippen molar-refractivity contribution in [3.63, 3.8) is 0 Å². The first-order valence-corrected chi connectivity index (χ1v) is 9.24. The van der Waals surface area contributed by atoms with Crippen LogP contribution in [0.15, 0.2) is 53.4 Å². The van der Waals surface area contributed by atoms with Crippen LogP contribution >= 0.6 is 0 Å². The number of anilines is 1. The van der Waals surface area contributed by atoms with E-state index in [9.17, 15) is 13.2 Å². The van der Waals surface area contributed by atoms with Crippen LogP contribution in [0, 0.1) is 6.92 Å². The van der Waals surface area contributed by atoms with Gasteiger partial charge in [0.2, 0.25) is 0 Å². The largest absolute Gasteiger partial charge is 0.481 e. The first kappa shape index (κ1) is 16.5. The highest BCUT2D eigenvalue weighted by Gasteiger charge is 2.33. The summed E-state index contributed by atoms with van der Waals surface area (Å²) >= 11 is 0. The molecule has 0 unspecified atom stereocenters. The average Bonchev–Trinajstić information content (AvgIpc) is 2.55. The zero-order valence-electron chi connectivity index (χ0n) is 13.3. The number of benzene rings is 2. The molecular formula is C18H19NO4S. The van der Waals surface area contributed by atoms with Crippen LogP contribution in [-0.2, 0) is 14.8 Å². The molecule has 0 bridgehead atoms. The van der Waals surface area contributed by atoms with Gasteiger partial charge in [0.1, 0.15) is 0 Å². The minimum absolute atomic E-state index is 0.00936. The molecule has 0 aromatic heterocycles. The van der Waals surface area contributed by atoms with E-state index >= 15 is 0 Å². The third-order valence-corrected chi connectivity index (χ3v) is 6.18. The van der Waals surface area contributed by atoms with Gasteiger partial charge in [-0.2, -0.15) is 0 Å². The quantitative estimate of drug-likeness (QED) is 0.924. The van der Waals surface area contributed by atoms with Gasteiger partial charge in [0.15, 0.2) is 0 Å². The number of fused-ring (bicyclic) bond motifs is 1. The summed E-state index contributed by atoms with van der Waals surface area (Å²) in [7, 11) is -3.66. The molecule has 3 rings (SSSR count). The van der Waals surface area contributed by atoms with Crippen molar-refractivity contribution in [1.82, 2.24) is 0 Å². The van der Waals surface area contributed by atoms with Gasteiger partial charge in [-0.1, -0.05) is 35.9 Å². The number of nitrogens with zero attached hydrogens (tertiary/aromatic N) is 1. The van der Waals surface area contributed by atoms with Gasteiger partial charge in [0.05, 0.1) is 17.0 Å². The van der Waals surface area contributed by atoms with Gasteiger partial charge in [0, 0.05) is 6.54 Å². The Morgan fingerprint density at radius 2 is 1.83 bits per heavy atom. The lowest BCUT2D eigenvalue weighted by molar-refractivity contribution is -0.137. The Hall–Kier alpha value is -2.34. The van der Waals surface area contributed by atoms with Crippen molar-refractivity contribution in [3.8, 4) is 0 Å². The molecule has 6 heteroatoms. The van der Waals surface area contributed by atoms with Crippen LogP contribution < -0.4 is 4.31 Å². The third-order valence-electron chi connectivity index (χ3n) is 4.36. The molecule has 0 saturated carbocycles. The van der Waals surface area contributed by atoms with E-state index in [0.29, 0.717) is 12.1 Å². The van der Waals surface area contributed by atoms with Crippen molar-refractivity contribution in [2.24, 2.45) is 0 Å². The Balaban J connectivity index is 2.03. The lowest BCUT2D eigenvalue weighted by Gasteiger charge is -2.34. The van der Waals surface area contributed by atoms with Crippen LogP contribution in [0.25, 0.3) is 0 Å². The fourth-order valence-electron chi connectivity index (χ4n) is 3.12. The highest BCUT2D eigenvalue weighted by atomic mass is 32.2. The molecule has 126 valence electrons. The molecule has 0 saturated heterocycles. The number of aliphatic carboxylic acids is 1. The molecule has 1 N–H and O–H groups in total. The molecule has 0 spiro atoms. The van der Waals surface area contributed by atoms with Crippen molar-refractivity contribution in [3.05, 3.63) is 59.7 Å². The Kier molecular flexibility index (Phi) is 4.32. The number of carboxylic acids is 1. The maximum Gasteiger partial charge on any atom is 0.303 e. The minimum atomic E-state index is -3.66. The van der Waals surface area contributed by atoms with E-state index < -0.39 is 16.0 Å². The maximum absolute atomic E-state index is 13.0. The van der Waals surface area contributed by atoms with Crippen LogP contribution in [0.5, 0.6) is 0 Å². The number of carbonyl (C=O) groups is 1. The van der Waals surface area contributed by atoms with E-state index in [4.69, 9.17) is 5.11 Å². The van der Waals surface area contributed by atoms with Gasteiger partial charge in [-0.15, -0.1) is 0 Å². The third kappa shape index (κ3) is 3.01. The molecular weight excluding hydrogens is 326 g/mol. The van der Waals surface area contributed by atoms with Gasteiger partial charge >= 0.3 is 5.97 Å². The van der Waals surface area contributed by atoms with Crippen molar-refractivity contribution >= 4 is 21.7 Å². The summed E-state index contributed by atoms with van der Waals surface area (Å²) in [6.45, 7) is 2.19. The smallest absolute Gasteiger partial charge is 0.303 e.